The van der Waals surface area contributed by atoms with E-state index in [2.05, 4.69) is 10.3 Å². The number of rotatable bonds is 3. The van der Waals surface area contributed by atoms with Crippen molar-refractivity contribution in [2.75, 3.05) is 11.5 Å². The highest BCUT2D eigenvalue weighted by Crippen LogP contribution is 2.23. The number of nitro groups is 1. The van der Waals surface area contributed by atoms with E-state index in [0.29, 0.717) is 22.9 Å². The van der Waals surface area contributed by atoms with Gasteiger partial charge in [0, 0.05) is 29.8 Å². The molecule has 0 radical (unpaired) electrons. The van der Waals surface area contributed by atoms with Gasteiger partial charge in [-0.2, -0.15) is 0 Å². The summed E-state index contributed by atoms with van der Waals surface area (Å²) in [7, 11) is -3.07. The molecule has 2 heterocycles. The van der Waals surface area contributed by atoms with E-state index in [-0.39, 0.29) is 29.1 Å². The number of sulfone groups is 1. The molecule has 1 aromatic heterocycles. The first-order chi connectivity index (χ1) is 10.4. The van der Waals surface area contributed by atoms with Crippen molar-refractivity contribution < 1.29 is 18.1 Å². The standard InChI is InChI=1S/C13H13N3O5S/c17-13(15-8-3-4-22(20,21)7-8)11-6-14-12-5-9(16(18)19)1-2-10(11)12/h1-2,5-6,8,14H,3-4,7H2,(H,15,17). The number of aromatic nitrogens is 1. The van der Waals surface area contributed by atoms with Crippen LogP contribution in [0.15, 0.2) is 24.4 Å². The molecule has 0 saturated carbocycles. The van der Waals surface area contributed by atoms with Crippen LogP contribution >= 0.6 is 0 Å². The molecular weight excluding hydrogens is 310 g/mol. The third-order valence-electron chi connectivity index (χ3n) is 3.69. The molecule has 1 atom stereocenters. The predicted octanol–water partition coefficient (Wildman–Crippen LogP) is 0.993. The van der Waals surface area contributed by atoms with Crippen LogP contribution in [-0.2, 0) is 9.84 Å². The molecule has 1 aliphatic heterocycles. The van der Waals surface area contributed by atoms with Crippen molar-refractivity contribution in [3.8, 4) is 0 Å². The van der Waals surface area contributed by atoms with E-state index in [1.807, 2.05) is 0 Å². The van der Waals surface area contributed by atoms with Crippen LogP contribution in [0.1, 0.15) is 16.8 Å². The van der Waals surface area contributed by atoms with Crippen LogP contribution in [0.25, 0.3) is 10.9 Å². The Kier molecular flexibility index (Phi) is 3.36. The molecule has 2 aromatic rings. The van der Waals surface area contributed by atoms with Gasteiger partial charge in [-0.25, -0.2) is 8.42 Å². The molecule has 1 amide bonds. The van der Waals surface area contributed by atoms with E-state index in [1.165, 1.54) is 24.4 Å². The van der Waals surface area contributed by atoms with Gasteiger partial charge in [-0.05, 0) is 12.5 Å². The minimum atomic E-state index is -3.07. The Balaban J connectivity index is 1.84. The lowest BCUT2D eigenvalue weighted by Crippen LogP contribution is -2.35. The summed E-state index contributed by atoms with van der Waals surface area (Å²) in [6.07, 6.45) is 1.87. The number of fused-ring (bicyclic) bond motifs is 1. The number of nitrogens with zero attached hydrogens (tertiary/aromatic N) is 1. The maximum absolute atomic E-state index is 12.2. The van der Waals surface area contributed by atoms with Crippen molar-refractivity contribution >= 4 is 32.3 Å². The fraction of sp³-hybridized carbons (Fsp3) is 0.308. The summed E-state index contributed by atoms with van der Waals surface area (Å²) in [5.41, 5.74) is 0.760. The smallest absolute Gasteiger partial charge is 0.271 e. The second kappa shape index (κ2) is 5.09. The molecule has 0 bridgehead atoms. The molecule has 1 fully saturated rings. The van der Waals surface area contributed by atoms with Crippen LogP contribution in [0.4, 0.5) is 5.69 Å². The predicted molar refractivity (Wildman–Crippen MR) is 79.5 cm³/mol. The number of nitro benzene ring substituents is 1. The van der Waals surface area contributed by atoms with Crippen LogP contribution in [0.2, 0.25) is 0 Å². The average molecular weight is 323 g/mol. The van der Waals surface area contributed by atoms with Crippen molar-refractivity contribution in [1.82, 2.24) is 10.3 Å². The topological polar surface area (TPSA) is 122 Å². The third-order valence-corrected chi connectivity index (χ3v) is 5.46. The molecule has 1 aromatic carbocycles. The zero-order valence-corrected chi connectivity index (χ0v) is 12.2. The number of carbonyl (C=O) groups is 1. The van der Waals surface area contributed by atoms with Crippen LogP contribution in [-0.4, -0.2) is 41.8 Å². The zero-order chi connectivity index (χ0) is 15.9. The van der Waals surface area contributed by atoms with Gasteiger partial charge >= 0.3 is 0 Å². The number of amides is 1. The van der Waals surface area contributed by atoms with Gasteiger partial charge in [0.25, 0.3) is 11.6 Å². The lowest BCUT2D eigenvalue weighted by atomic mass is 10.1. The molecule has 22 heavy (non-hydrogen) atoms. The second-order valence-electron chi connectivity index (χ2n) is 5.26. The number of hydrogen-bond donors (Lipinski definition) is 2. The Bertz CT molecular complexity index is 871. The van der Waals surface area contributed by atoms with E-state index in [0.717, 1.165) is 0 Å². The highest BCUT2D eigenvalue weighted by molar-refractivity contribution is 7.91. The molecular formula is C13H13N3O5S. The van der Waals surface area contributed by atoms with Crippen molar-refractivity contribution in [2.45, 2.75) is 12.5 Å². The van der Waals surface area contributed by atoms with E-state index in [1.54, 1.807) is 0 Å². The van der Waals surface area contributed by atoms with E-state index >= 15 is 0 Å². The summed E-state index contributed by atoms with van der Waals surface area (Å²) in [5.74, 6) is -0.355. The number of H-pyrrole nitrogens is 1. The summed E-state index contributed by atoms with van der Waals surface area (Å²) in [4.78, 5) is 25.3. The van der Waals surface area contributed by atoms with E-state index in [9.17, 15) is 23.3 Å². The van der Waals surface area contributed by atoms with Crippen molar-refractivity contribution in [3.05, 3.63) is 40.1 Å². The second-order valence-corrected chi connectivity index (χ2v) is 7.49. The number of aromatic amines is 1. The summed E-state index contributed by atoms with van der Waals surface area (Å²) >= 11 is 0. The Labute approximate surface area is 125 Å². The average Bonchev–Trinajstić information content (AvgIpc) is 3.01. The first-order valence-corrected chi connectivity index (χ1v) is 8.45. The van der Waals surface area contributed by atoms with Gasteiger partial charge in [0.15, 0.2) is 9.84 Å². The SMILES string of the molecule is O=C(NC1CCS(=O)(=O)C1)c1c[nH]c2cc([N+](=O)[O-])ccc12. The fourth-order valence-corrected chi connectivity index (χ4v) is 4.26. The summed E-state index contributed by atoms with van der Waals surface area (Å²) < 4.78 is 22.8. The lowest BCUT2D eigenvalue weighted by molar-refractivity contribution is -0.384. The van der Waals surface area contributed by atoms with Gasteiger partial charge in [-0.1, -0.05) is 0 Å². The first-order valence-electron chi connectivity index (χ1n) is 6.62. The number of nitrogens with one attached hydrogen (secondary N) is 2. The number of carbonyl (C=O) groups excluding carboxylic acids is 1. The fourth-order valence-electron chi connectivity index (χ4n) is 2.59. The molecule has 0 aliphatic carbocycles. The minimum absolute atomic E-state index is 0.0490. The Morgan fingerprint density at radius 1 is 1.41 bits per heavy atom. The highest BCUT2D eigenvalue weighted by Gasteiger charge is 2.29. The lowest BCUT2D eigenvalue weighted by Gasteiger charge is -2.09. The van der Waals surface area contributed by atoms with Crippen molar-refractivity contribution in [1.29, 1.82) is 0 Å². The molecule has 1 saturated heterocycles. The van der Waals surface area contributed by atoms with Crippen molar-refractivity contribution in [3.63, 3.8) is 0 Å². The van der Waals surface area contributed by atoms with Gasteiger partial charge < -0.3 is 10.3 Å². The summed E-state index contributed by atoms with van der Waals surface area (Å²) in [6, 6.07) is 3.80. The molecule has 3 rings (SSSR count). The van der Waals surface area contributed by atoms with Crippen LogP contribution in [0.5, 0.6) is 0 Å². The van der Waals surface area contributed by atoms with Gasteiger partial charge in [0.05, 0.1) is 27.5 Å². The maximum Gasteiger partial charge on any atom is 0.271 e. The Morgan fingerprint density at radius 2 is 2.18 bits per heavy atom. The molecule has 9 heteroatoms. The van der Waals surface area contributed by atoms with E-state index < -0.39 is 14.8 Å². The van der Waals surface area contributed by atoms with Gasteiger partial charge in [0.1, 0.15) is 0 Å². The van der Waals surface area contributed by atoms with Gasteiger partial charge in [0.2, 0.25) is 0 Å². The zero-order valence-electron chi connectivity index (χ0n) is 11.4. The summed E-state index contributed by atoms with van der Waals surface area (Å²) in [5, 5.41) is 14.0. The largest absolute Gasteiger partial charge is 0.360 e. The molecule has 0 spiro atoms. The minimum Gasteiger partial charge on any atom is -0.360 e. The van der Waals surface area contributed by atoms with Gasteiger partial charge in [-0.15, -0.1) is 0 Å². The van der Waals surface area contributed by atoms with Crippen molar-refractivity contribution in [2.24, 2.45) is 0 Å². The molecule has 8 nitrogen and oxygen atoms in total. The number of hydrogen-bond acceptors (Lipinski definition) is 5. The Hall–Kier alpha value is -2.42. The number of benzene rings is 1. The normalized spacial score (nSPS) is 20.1. The van der Waals surface area contributed by atoms with Crippen LogP contribution < -0.4 is 5.32 Å². The molecule has 116 valence electrons. The van der Waals surface area contributed by atoms with E-state index in [4.69, 9.17) is 0 Å². The van der Waals surface area contributed by atoms with Gasteiger partial charge in [-0.3, -0.25) is 14.9 Å². The third kappa shape index (κ3) is 2.67. The Morgan fingerprint density at radius 3 is 2.82 bits per heavy atom. The quantitative estimate of drug-likeness (QED) is 0.644. The molecule has 2 N–H and O–H groups in total. The molecule has 1 aliphatic rings. The van der Waals surface area contributed by atoms with Crippen LogP contribution in [0, 0.1) is 10.1 Å². The number of non-ortho nitro benzene ring substituents is 1. The summed E-state index contributed by atoms with van der Waals surface area (Å²) in [6.45, 7) is 0. The maximum atomic E-state index is 12.2. The first kappa shape index (κ1) is 14.5. The monoisotopic (exact) mass is 323 g/mol. The molecule has 1 unspecified atom stereocenters. The highest BCUT2D eigenvalue weighted by atomic mass is 32.2. The van der Waals surface area contributed by atoms with Crippen LogP contribution in [0.3, 0.4) is 0 Å².